The lowest BCUT2D eigenvalue weighted by molar-refractivity contribution is 0.0966. The maximum absolute atomic E-state index is 12.6. The Hall–Kier alpha value is -2.95. The predicted octanol–water partition coefficient (Wildman–Crippen LogP) is 8.56. The summed E-state index contributed by atoms with van der Waals surface area (Å²) in [5.41, 5.74) is 12.5. The van der Waals surface area contributed by atoms with Crippen molar-refractivity contribution < 1.29 is 4.79 Å². The second kappa shape index (κ2) is 24.1. The fourth-order valence-electron chi connectivity index (χ4n) is 3.87. The predicted molar refractivity (Wildman–Crippen MR) is 175 cm³/mol. The zero-order valence-corrected chi connectivity index (χ0v) is 26.7. The van der Waals surface area contributed by atoms with Gasteiger partial charge in [0, 0.05) is 17.8 Å². The van der Waals surface area contributed by atoms with Crippen LogP contribution in [0.3, 0.4) is 0 Å². The van der Waals surface area contributed by atoms with Crippen LogP contribution in [0.15, 0.2) is 95.3 Å². The summed E-state index contributed by atoms with van der Waals surface area (Å²) >= 11 is 0. The molecule has 1 rings (SSSR count). The van der Waals surface area contributed by atoms with Crippen molar-refractivity contribution in [3.63, 3.8) is 0 Å². The third-order valence-electron chi connectivity index (χ3n) is 5.92. The number of allylic oxidation sites excluding steroid dienone is 9. The van der Waals surface area contributed by atoms with Crippen LogP contribution in [-0.2, 0) is 6.42 Å². The highest BCUT2D eigenvalue weighted by Gasteiger charge is 2.08. The minimum absolute atomic E-state index is 0.114. The van der Waals surface area contributed by atoms with E-state index in [-0.39, 0.29) is 5.91 Å². The maximum Gasteiger partial charge on any atom is 0.255 e. The summed E-state index contributed by atoms with van der Waals surface area (Å²) < 4.78 is 0. The lowest BCUT2D eigenvalue weighted by Gasteiger charge is -2.12. The molecule has 1 amide bonds. The normalized spacial score (nSPS) is 12.8. The number of benzene rings is 1. The van der Waals surface area contributed by atoms with E-state index in [4.69, 9.17) is 5.73 Å². The molecule has 4 heteroatoms. The minimum Gasteiger partial charge on any atom is -0.326 e. The molecule has 0 heterocycles. The first-order valence-electron chi connectivity index (χ1n) is 14.5. The molecule has 39 heavy (non-hydrogen) atoms. The van der Waals surface area contributed by atoms with Crippen LogP contribution in [0.2, 0.25) is 0 Å². The first kappa shape index (κ1) is 38.2. The molecule has 4 nitrogen and oxygen atoms in total. The Kier molecular flexibility index (Phi) is 23.6. The van der Waals surface area contributed by atoms with Gasteiger partial charge in [-0.2, -0.15) is 0 Å². The van der Waals surface area contributed by atoms with Crippen molar-refractivity contribution in [2.75, 3.05) is 26.7 Å². The number of hydrogen-bond donors (Lipinski definition) is 2. The molecule has 1 aromatic rings. The van der Waals surface area contributed by atoms with Crippen molar-refractivity contribution in [3.8, 4) is 0 Å². The molecule has 0 unspecified atom stereocenters. The van der Waals surface area contributed by atoms with Crippen molar-refractivity contribution >= 4 is 5.91 Å². The summed E-state index contributed by atoms with van der Waals surface area (Å²) in [4.78, 5) is 15.0. The van der Waals surface area contributed by atoms with Gasteiger partial charge in [0.1, 0.15) is 0 Å². The summed E-state index contributed by atoms with van der Waals surface area (Å²) in [6, 6.07) is 7.70. The van der Waals surface area contributed by atoms with Gasteiger partial charge in [-0.25, -0.2) is 0 Å². The molecule has 0 aliphatic carbocycles. The van der Waals surface area contributed by atoms with Crippen LogP contribution in [0.25, 0.3) is 0 Å². The van der Waals surface area contributed by atoms with Crippen molar-refractivity contribution in [2.45, 2.75) is 81.6 Å². The fourth-order valence-corrected chi connectivity index (χ4v) is 3.87. The van der Waals surface area contributed by atoms with Gasteiger partial charge in [0.05, 0.1) is 0 Å². The molecule has 0 saturated carbocycles. The maximum atomic E-state index is 12.6. The van der Waals surface area contributed by atoms with E-state index in [1.54, 1.807) is 0 Å². The first-order valence-corrected chi connectivity index (χ1v) is 14.5. The molecule has 0 aliphatic heterocycles. The largest absolute Gasteiger partial charge is 0.326 e. The van der Waals surface area contributed by atoms with E-state index in [0.717, 1.165) is 40.0 Å². The monoisotopic (exact) mass is 535 g/mol. The van der Waals surface area contributed by atoms with E-state index >= 15 is 0 Å². The third kappa shape index (κ3) is 15.9. The van der Waals surface area contributed by atoms with E-state index in [1.807, 2.05) is 96.2 Å². The van der Waals surface area contributed by atoms with E-state index in [1.165, 1.54) is 25.9 Å². The zero-order valence-electron chi connectivity index (χ0n) is 26.7. The Morgan fingerprint density at radius 1 is 0.949 bits per heavy atom. The number of carbonyl (C=O) groups excluding carboxylic acids is 1. The Morgan fingerprint density at radius 3 is 1.97 bits per heavy atom. The van der Waals surface area contributed by atoms with Gasteiger partial charge in [0.25, 0.3) is 5.91 Å². The van der Waals surface area contributed by atoms with Gasteiger partial charge >= 0.3 is 0 Å². The second-order valence-electron chi connectivity index (χ2n) is 8.95. The van der Waals surface area contributed by atoms with E-state index in [0.29, 0.717) is 12.1 Å². The molecule has 0 aromatic heterocycles. The van der Waals surface area contributed by atoms with Gasteiger partial charge in [-0.05, 0) is 119 Å². The van der Waals surface area contributed by atoms with Crippen LogP contribution >= 0.6 is 0 Å². The van der Waals surface area contributed by atoms with Crippen LogP contribution in [0.5, 0.6) is 0 Å². The molecular weight excluding hydrogens is 478 g/mol. The Bertz CT molecular complexity index is 987. The van der Waals surface area contributed by atoms with Crippen LogP contribution in [0.4, 0.5) is 0 Å². The lowest BCUT2D eigenvalue weighted by Crippen LogP contribution is -2.21. The number of aryl methyl sites for hydroxylation is 1. The van der Waals surface area contributed by atoms with Gasteiger partial charge in [-0.1, -0.05) is 77.6 Å². The topological polar surface area (TPSA) is 58.4 Å². The van der Waals surface area contributed by atoms with Crippen molar-refractivity contribution in [2.24, 2.45) is 5.73 Å². The smallest absolute Gasteiger partial charge is 0.255 e. The second-order valence-corrected chi connectivity index (χ2v) is 8.95. The van der Waals surface area contributed by atoms with Crippen molar-refractivity contribution in [1.82, 2.24) is 10.2 Å². The molecule has 0 bridgehead atoms. The quantitative estimate of drug-likeness (QED) is 0.249. The Morgan fingerprint density at radius 2 is 1.54 bits per heavy atom. The number of nitrogens with one attached hydrogen (secondary N) is 1. The standard InChI is InChI=1S/C26H34N2O.C7H17N.C2H6/c1-7-20-13-12-14-24(16-20)26(29)28-19(6)15-25(21(8-2)9-3)17-22(10-4)23(11-5)18-27;1-4-6-8(3)7-5-2;1-2/h8-17H,2,7,18,27H2,1,3-6H3,(H,28,29);4-7H2,1-3H3;1-2H3/b19-15+,21-9-,22-10+,23-11+,25-17-;;. The molecule has 0 atom stereocenters. The summed E-state index contributed by atoms with van der Waals surface area (Å²) in [6.07, 6.45) is 15.4. The van der Waals surface area contributed by atoms with Crippen LogP contribution in [0, 0.1) is 0 Å². The molecule has 0 fully saturated rings. The highest BCUT2D eigenvalue weighted by molar-refractivity contribution is 5.95. The highest BCUT2D eigenvalue weighted by Crippen LogP contribution is 2.21. The van der Waals surface area contributed by atoms with Crippen LogP contribution in [-0.4, -0.2) is 37.5 Å². The summed E-state index contributed by atoms with van der Waals surface area (Å²) in [5, 5.41) is 2.99. The molecule has 0 aliphatic rings. The van der Waals surface area contributed by atoms with E-state index in [9.17, 15) is 4.79 Å². The van der Waals surface area contributed by atoms with Crippen LogP contribution in [0.1, 0.15) is 91.1 Å². The number of nitrogens with two attached hydrogens (primary N) is 1. The SMILES string of the molecule is C=CC(=C/C)/C(=C\C(=C/C)C(=C\C)\CN)/C=C(\C)NC(=O)c1cccc(CC)c1.CC.CCCN(C)CCC. The Balaban J connectivity index is 0. The third-order valence-corrected chi connectivity index (χ3v) is 5.92. The molecule has 0 spiro atoms. The molecule has 1 aromatic carbocycles. The Labute approximate surface area is 241 Å². The molecule has 0 radical (unpaired) electrons. The van der Waals surface area contributed by atoms with Gasteiger partial charge in [0.2, 0.25) is 0 Å². The van der Waals surface area contributed by atoms with E-state index < -0.39 is 0 Å². The van der Waals surface area contributed by atoms with Gasteiger partial charge in [0.15, 0.2) is 0 Å². The number of hydrogen-bond acceptors (Lipinski definition) is 3. The average Bonchev–Trinajstić information content (AvgIpc) is 2.95. The minimum atomic E-state index is -0.114. The lowest BCUT2D eigenvalue weighted by atomic mass is 9.97. The number of nitrogens with zero attached hydrogens (tertiary/aromatic N) is 1. The molecule has 0 saturated heterocycles. The highest BCUT2D eigenvalue weighted by atomic mass is 16.1. The van der Waals surface area contributed by atoms with Gasteiger partial charge < -0.3 is 16.0 Å². The fraction of sp³-hybridized carbons (Fsp3) is 0.457. The summed E-state index contributed by atoms with van der Waals surface area (Å²) in [5.74, 6) is -0.114. The molecule has 3 N–H and O–H groups in total. The molecule has 218 valence electrons. The summed E-state index contributed by atoms with van der Waals surface area (Å²) in [6.45, 7) is 25.2. The number of rotatable bonds is 13. The number of amides is 1. The number of carbonyl (C=O) groups is 1. The first-order chi connectivity index (χ1) is 18.7. The van der Waals surface area contributed by atoms with Gasteiger partial charge in [-0.3, -0.25) is 4.79 Å². The zero-order chi connectivity index (χ0) is 30.2. The van der Waals surface area contributed by atoms with E-state index in [2.05, 4.69) is 50.7 Å². The summed E-state index contributed by atoms with van der Waals surface area (Å²) in [7, 11) is 2.17. The van der Waals surface area contributed by atoms with Gasteiger partial charge in [-0.15, -0.1) is 0 Å². The van der Waals surface area contributed by atoms with Crippen molar-refractivity contribution in [3.05, 3.63) is 106 Å². The average molecular weight is 536 g/mol. The molecular formula is C35H57N3O. The van der Waals surface area contributed by atoms with Crippen molar-refractivity contribution in [1.29, 1.82) is 0 Å². The van der Waals surface area contributed by atoms with Crippen LogP contribution < -0.4 is 11.1 Å².